The number of benzene rings is 2. The van der Waals surface area contributed by atoms with E-state index in [1.54, 1.807) is 37.3 Å². The van der Waals surface area contributed by atoms with E-state index in [4.69, 9.17) is 14.2 Å². The lowest BCUT2D eigenvalue weighted by Gasteiger charge is -2.13. The molecule has 5 nitrogen and oxygen atoms in total. The van der Waals surface area contributed by atoms with Gasteiger partial charge in [0.25, 0.3) is 0 Å². The Balaban J connectivity index is 2.32. The van der Waals surface area contributed by atoms with Gasteiger partial charge in [0.15, 0.2) is 11.5 Å². The van der Waals surface area contributed by atoms with Crippen LogP contribution in [0.4, 0.5) is 0 Å². The summed E-state index contributed by atoms with van der Waals surface area (Å²) in [5.74, 6) is -0.380. The fourth-order valence-corrected chi connectivity index (χ4v) is 2.59. The number of hydrogen-bond acceptors (Lipinski definition) is 5. The van der Waals surface area contributed by atoms with Crippen LogP contribution in [0.3, 0.4) is 0 Å². The minimum Gasteiger partial charge on any atom is -0.493 e. The first-order chi connectivity index (χ1) is 11.1. The summed E-state index contributed by atoms with van der Waals surface area (Å²) in [5, 5.41) is 0. The average molecular weight is 426 g/mol. The summed E-state index contributed by atoms with van der Waals surface area (Å²) < 4.78 is 16.2. The van der Waals surface area contributed by atoms with Gasteiger partial charge in [-0.2, -0.15) is 0 Å². The van der Waals surface area contributed by atoms with Gasteiger partial charge < -0.3 is 14.2 Å². The maximum atomic E-state index is 12.2. The number of rotatable bonds is 5. The predicted molar refractivity (Wildman–Crippen MR) is 93.1 cm³/mol. The van der Waals surface area contributed by atoms with Gasteiger partial charge in [0, 0.05) is 0 Å². The average Bonchev–Trinajstić information content (AvgIpc) is 2.57. The highest BCUT2D eigenvalue weighted by Crippen LogP contribution is 2.34. The van der Waals surface area contributed by atoms with Crippen molar-refractivity contribution in [2.75, 3.05) is 13.7 Å². The topological polar surface area (TPSA) is 61.8 Å². The highest BCUT2D eigenvalue weighted by molar-refractivity contribution is 14.1. The van der Waals surface area contributed by atoms with Crippen molar-refractivity contribution in [3.05, 3.63) is 57.2 Å². The van der Waals surface area contributed by atoms with E-state index in [9.17, 15) is 9.59 Å². The van der Waals surface area contributed by atoms with Crippen LogP contribution in [0.2, 0.25) is 0 Å². The van der Waals surface area contributed by atoms with Gasteiger partial charge in [-0.15, -0.1) is 0 Å². The van der Waals surface area contributed by atoms with Gasteiger partial charge in [-0.3, -0.25) is 0 Å². The van der Waals surface area contributed by atoms with Crippen molar-refractivity contribution >= 4 is 34.5 Å². The van der Waals surface area contributed by atoms with E-state index in [0.717, 1.165) is 0 Å². The number of methoxy groups -OCH3 is 1. The van der Waals surface area contributed by atoms with Crippen molar-refractivity contribution in [3.8, 4) is 11.5 Å². The minimum absolute atomic E-state index is 0.273. The number of hydrogen-bond donors (Lipinski definition) is 0. The molecule has 23 heavy (non-hydrogen) atoms. The number of esters is 2. The first kappa shape index (κ1) is 17.3. The van der Waals surface area contributed by atoms with E-state index in [1.165, 1.54) is 13.2 Å². The van der Waals surface area contributed by atoms with Gasteiger partial charge in [-0.25, -0.2) is 9.59 Å². The summed E-state index contributed by atoms with van der Waals surface area (Å²) in [7, 11) is 1.44. The molecule has 0 saturated carbocycles. The van der Waals surface area contributed by atoms with Crippen molar-refractivity contribution in [3.63, 3.8) is 0 Å². The monoisotopic (exact) mass is 426 g/mol. The number of ether oxygens (including phenoxy) is 3. The Morgan fingerprint density at radius 1 is 1.04 bits per heavy atom. The van der Waals surface area contributed by atoms with Crippen molar-refractivity contribution < 1.29 is 23.8 Å². The fraction of sp³-hybridized carbons (Fsp3) is 0.176. The Morgan fingerprint density at radius 3 is 2.35 bits per heavy atom. The Labute approximate surface area is 147 Å². The summed E-state index contributed by atoms with van der Waals surface area (Å²) in [6.45, 7) is 2.01. The van der Waals surface area contributed by atoms with Crippen LogP contribution in [0.5, 0.6) is 11.5 Å². The van der Waals surface area contributed by atoms with Crippen LogP contribution in [0, 0.1) is 3.57 Å². The van der Waals surface area contributed by atoms with Crippen molar-refractivity contribution in [2.24, 2.45) is 0 Å². The van der Waals surface area contributed by atoms with Crippen LogP contribution >= 0.6 is 22.6 Å². The maximum Gasteiger partial charge on any atom is 0.343 e. The lowest BCUT2D eigenvalue weighted by atomic mass is 10.2. The molecule has 120 valence electrons. The highest BCUT2D eigenvalue weighted by Gasteiger charge is 2.19. The Morgan fingerprint density at radius 2 is 1.74 bits per heavy atom. The smallest absolute Gasteiger partial charge is 0.343 e. The van der Waals surface area contributed by atoms with E-state index in [-0.39, 0.29) is 12.4 Å². The fourth-order valence-electron chi connectivity index (χ4n) is 1.88. The van der Waals surface area contributed by atoms with E-state index in [1.807, 2.05) is 28.7 Å². The van der Waals surface area contributed by atoms with Crippen molar-refractivity contribution in [1.82, 2.24) is 0 Å². The molecule has 0 heterocycles. The molecule has 6 heteroatoms. The molecule has 0 spiro atoms. The highest BCUT2D eigenvalue weighted by atomic mass is 127. The largest absolute Gasteiger partial charge is 0.493 e. The van der Waals surface area contributed by atoms with Crippen molar-refractivity contribution in [2.45, 2.75) is 6.92 Å². The molecule has 0 atom stereocenters. The summed E-state index contributed by atoms with van der Waals surface area (Å²) >= 11 is 1.98. The second-order valence-corrected chi connectivity index (χ2v) is 5.63. The second kappa shape index (κ2) is 7.96. The van der Waals surface area contributed by atoms with E-state index in [0.29, 0.717) is 20.4 Å². The molecule has 0 unspecified atom stereocenters. The molecule has 0 aliphatic rings. The third-order valence-corrected chi connectivity index (χ3v) is 3.75. The van der Waals surface area contributed by atoms with Crippen LogP contribution in [0.25, 0.3) is 0 Å². The standard InChI is InChI=1S/C17H15IO5/c1-3-22-16(19)12-9-13(18)15(14(10-12)21-2)23-17(20)11-7-5-4-6-8-11/h4-10H,3H2,1-2H3. The summed E-state index contributed by atoms with van der Waals surface area (Å²) in [6.07, 6.45) is 0. The zero-order valence-electron chi connectivity index (χ0n) is 12.7. The molecular formula is C17H15IO5. The lowest BCUT2D eigenvalue weighted by molar-refractivity contribution is 0.0526. The Bertz CT molecular complexity index is 712. The van der Waals surface area contributed by atoms with Crippen LogP contribution in [-0.4, -0.2) is 25.7 Å². The first-order valence-corrected chi connectivity index (χ1v) is 7.96. The first-order valence-electron chi connectivity index (χ1n) is 6.88. The Kier molecular flexibility index (Phi) is 5.97. The molecule has 0 aromatic heterocycles. The molecule has 0 radical (unpaired) electrons. The lowest BCUT2D eigenvalue weighted by Crippen LogP contribution is -2.11. The van der Waals surface area contributed by atoms with Gasteiger partial charge in [0.05, 0.1) is 28.4 Å². The maximum absolute atomic E-state index is 12.2. The summed E-state index contributed by atoms with van der Waals surface area (Å²) in [6, 6.07) is 11.7. The van der Waals surface area contributed by atoms with Gasteiger partial charge >= 0.3 is 11.9 Å². The van der Waals surface area contributed by atoms with Crippen LogP contribution in [0.1, 0.15) is 27.6 Å². The number of halogens is 1. The third kappa shape index (κ3) is 4.22. The number of carbonyl (C=O) groups is 2. The zero-order chi connectivity index (χ0) is 16.8. The van der Waals surface area contributed by atoms with Gasteiger partial charge in [0.2, 0.25) is 0 Å². The summed E-state index contributed by atoms with van der Waals surface area (Å²) in [4.78, 5) is 24.0. The van der Waals surface area contributed by atoms with Crippen LogP contribution in [0.15, 0.2) is 42.5 Å². The normalized spacial score (nSPS) is 10.0. The van der Waals surface area contributed by atoms with Gasteiger partial charge in [-0.1, -0.05) is 18.2 Å². The molecular weight excluding hydrogens is 411 g/mol. The zero-order valence-corrected chi connectivity index (χ0v) is 14.8. The molecule has 0 bridgehead atoms. The molecule has 0 saturated heterocycles. The molecule has 0 aliphatic carbocycles. The van der Waals surface area contributed by atoms with E-state index < -0.39 is 11.9 Å². The van der Waals surface area contributed by atoms with E-state index in [2.05, 4.69) is 0 Å². The number of carbonyl (C=O) groups excluding carboxylic acids is 2. The van der Waals surface area contributed by atoms with Gasteiger partial charge in [-0.05, 0) is 53.8 Å². The second-order valence-electron chi connectivity index (χ2n) is 4.47. The van der Waals surface area contributed by atoms with E-state index >= 15 is 0 Å². The quantitative estimate of drug-likeness (QED) is 0.415. The molecule has 0 aliphatic heterocycles. The predicted octanol–water partition coefficient (Wildman–Crippen LogP) is 3.70. The summed E-state index contributed by atoms with van der Waals surface area (Å²) in [5.41, 5.74) is 0.771. The minimum atomic E-state index is -0.495. The molecule has 2 aromatic rings. The van der Waals surface area contributed by atoms with Crippen LogP contribution < -0.4 is 9.47 Å². The van der Waals surface area contributed by atoms with Crippen LogP contribution in [-0.2, 0) is 4.74 Å². The molecule has 0 amide bonds. The Hall–Kier alpha value is -2.09. The third-order valence-electron chi connectivity index (χ3n) is 2.94. The molecule has 0 N–H and O–H groups in total. The molecule has 2 rings (SSSR count). The van der Waals surface area contributed by atoms with Gasteiger partial charge in [0.1, 0.15) is 0 Å². The molecule has 0 fully saturated rings. The van der Waals surface area contributed by atoms with Crippen molar-refractivity contribution in [1.29, 1.82) is 0 Å². The molecule has 2 aromatic carbocycles. The SMILES string of the molecule is CCOC(=O)c1cc(I)c(OC(=O)c2ccccc2)c(OC)c1.